The topological polar surface area (TPSA) is 58.1 Å². The van der Waals surface area contributed by atoms with Crippen LogP contribution >= 0.6 is 0 Å². The average molecular weight is 364 g/mol. The number of piperidine rings is 1. The van der Waals surface area contributed by atoms with Crippen LogP contribution in [0.5, 0.6) is 0 Å². The quantitative estimate of drug-likeness (QED) is 0.893. The third kappa shape index (κ3) is 4.12. The van der Waals surface area contributed by atoms with Gasteiger partial charge in [0.1, 0.15) is 11.5 Å². The number of amides is 1. The zero-order valence-corrected chi connectivity index (χ0v) is 14.3. The van der Waals surface area contributed by atoms with E-state index in [1.165, 1.54) is 18.3 Å². The first-order chi connectivity index (χ1) is 12.3. The van der Waals surface area contributed by atoms with E-state index < -0.39 is 17.6 Å². The second kappa shape index (κ2) is 7.31. The Kier molecular flexibility index (Phi) is 5.11. The van der Waals surface area contributed by atoms with E-state index in [0.717, 1.165) is 44.5 Å². The molecule has 1 fully saturated rings. The maximum absolute atomic E-state index is 13.1. The Morgan fingerprint density at radius 3 is 2.54 bits per heavy atom. The number of aryl methyl sites for hydroxylation is 1. The first-order valence-electron chi connectivity index (χ1n) is 8.42. The van der Waals surface area contributed by atoms with E-state index in [2.05, 4.69) is 15.3 Å². The summed E-state index contributed by atoms with van der Waals surface area (Å²) in [6.07, 6.45) is -0.00158. The van der Waals surface area contributed by atoms with Crippen molar-refractivity contribution < 1.29 is 18.0 Å². The van der Waals surface area contributed by atoms with Crippen molar-refractivity contribution in [1.29, 1.82) is 0 Å². The molecule has 1 aromatic carbocycles. The fraction of sp³-hybridized carbons (Fsp3) is 0.389. The van der Waals surface area contributed by atoms with Gasteiger partial charge in [-0.25, -0.2) is 9.97 Å². The molecule has 138 valence electrons. The minimum Gasteiger partial charge on any atom is -0.370 e. The molecule has 1 N–H and O–H groups in total. The SMILES string of the molecule is Cc1nccc(C(=O)Nc2cc(C(F)(F)F)ccc2N2CCCCC2)n1. The smallest absolute Gasteiger partial charge is 0.370 e. The first kappa shape index (κ1) is 18.2. The number of carbonyl (C=O) groups excluding carboxylic acids is 1. The summed E-state index contributed by atoms with van der Waals surface area (Å²) < 4.78 is 39.3. The van der Waals surface area contributed by atoms with Crippen molar-refractivity contribution in [2.75, 3.05) is 23.3 Å². The number of rotatable bonds is 3. The second-order valence-electron chi connectivity index (χ2n) is 6.22. The summed E-state index contributed by atoms with van der Waals surface area (Å²) in [6, 6.07) is 4.88. The van der Waals surface area contributed by atoms with Crippen molar-refractivity contribution in [3.05, 3.63) is 47.5 Å². The van der Waals surface area contributed by atoms with E-state index in [1.54, 1.807) is 6.92 Å². The summed E-state index contributed by atoms with van der Waals surface area (Å²) >= 11 is 0. The van der Waals surface area contributed by atoms with Gasteiger partial charge in [-0.05, 0) is 50.5 Å². The van der Waals surface area contributed by atoms with Crippen LogP contribution in [0.2, 0.25) is 0 Å². The molecule has 0 atom stereocenters. The monoisotopic (exact) mass is 364 g/mol. The van der Waals surface area contributed by atoms with E-state index in [9.17, 15) is 18.0 Å². The number of nitrogens with one attached hydrogen (secondary N) is 1. The minimum atomic E-state index is -4.48. The summed E-state index contributed by atoms with van der Waals surface area (Å²) in [5.74, 6) is -0.147. The van der Waals surface area contributed by atoms with E-state index in [-0.39, 0.29) is 11.4 Å². The first-order valence-corrected chi connectivity index (χ1v) is 8.42. The predicted molar refractivity (Wildman–Crippen MR) is 92.2 cm³/mol. The molecule has 0 spiro atoms. The number of hydrogen-bond donors (Lipinski definition) is 1. The summed E-state index contributed by atoms with van der Waals surface area (Å²) in [5, 5.41) is 2.59. The number of benzene rings is 1. The molecule has 0 bridgehead atoms. The molecule has 26 heavy (non-hydrogen) atoms. The fourth-order valence-corrected chi connectivity index (χ4v) is 2.99. The highest BCUT2D eigenvalue weighted by molar-refractivity contribution is 6.04. The molecule has 1 amide bonds. The van der Waals surface area contributed by atoms with Crippen molar-refractivity contribution >= 4 is 17.3 Å². The van der Waals surface area contributed by atoms with E-state index >= 15 is 0 Å². The Hall–Kier alpha value is -2.64. The molecule has 0 saturated carbocycles. The third-order valence-electron chi connectivity index (χ3n) is 4.28. The predicted octanol–water partition coefficient (Wildman–Crippen LogP) is 4.05. The zero-order chi connectivity index (χ0) is 18.7. The Bertz CT molecular complexity index is 801. The molecule has 2 aromatic rings. The Labute approximate surface area is 149 Å². The lowest BCUT2D eigenvalue weighted by Gasteiger charge is -2.31. The molecule has 0 radical (unpaired) electrons. The number of aromatic nitrogens is 2. The van der Waals surface area contributed by atoms with Gasteiger partial charge in [-0.15, -0.1) is 0 Å². The van der Waals surface area contributed by atoms with E-state index in [1.807, 2.05) is 4.90 Å². The van der Waals surface area contributed by atoms with Gasteiger partial charge < -0.3 is 10.2 Å². The highest BCUT2D eigenvalue weighted by atomic mass is 19.4. The minimum absolute atomic E-state index is 0.111. The highest BCUT2D eigenvalue weighted by Gasteiger charge is 2.32. The normalized spacial score (nSPS) is 15.0. The Morgan fingerprint density at radius 2 is 1.88 bits per heavy atom. The van der Waals surface area contributed by atoms with Crippen LogP contribution in [-0.4, -0.2) is 29.0 Å². The van der Waals surface area contributed by atoms with Crippen LogP contribution in [0, 0.1) is 6.92 Å². The number of carbonyl (C=O) groups is 1. The summed E-state index contributed by atoms with van der Waals surface area (Å²) in [7, 11) is 0. The molecule has 1 aliphatic rings. The number of nitrogens with zero attached hydrogens (tertiary/aromatic N) is 3. The standard InChI is InChI=1S/C18H19F3N4O/c1-12-22-8-7-14(23-12)17(26)24-15-11-13(18(19,20)21)5-6-16(15)25-9-3-2-4-10-25/h5-8,11H,2-4,9-10H2,1H3,(H,24,26). The van der Waals surface area contributed by atoms with Gasteiger partial charge in [-0.3, -0.25) is 4.79 Å². The Morgan fingerprint density at radius 1 is 1.15 bits per heavy atom. The van der Waals surface area contributed by atoms with Crippen molar-refractivity contribution in [3.63, 3.8) is 0 Å². The largest absolute Gasteiger partial charge is 0.416 e. The molecule has 8 heteroatoms. The van der Waals surface area contributed by atoms with E-state index in [4.69, 9.17) is 0 Å². The number of alkyl halides is 3. The fourth-order valence-electron chi connectivity index (χ4n) is 2.99. The van der Waals surface area contributed by atoms with Gasteiger partial charge >= 0.3 is 6.18 Å². The van der Waals surface area contributed by atoms with Crippen LogP contribution in [-0.2, 0) is 6.18 Å². The highest BCUT2D eigenvalue weighted by Crippen LogP contribution is 2.36. The van der Waals surface area contributed by atoms with Gasteiger partial charge in [0.15, 0.2) is 0 Å². The summed E-state index contributed by atoms with van der Waals surface area (Å²) in [5.41, 5.74) is 0.0479. The van der Waals surface area contributed by atoms with Crippen LogP contribution in [0.1, 0.15) is 41.1 Å². The van der Waals surface area contributed by atoms with Gasteiger partial charge in [0.05, 0.1) is 16.9 Å². The molecule has 5 nitrogen and oxygen atoms in total. The van der Waals surface area contributed by atoms with Crippen LogP contribution in [0.25, 0.3) is 0 Å². The van der Waals surface area contributed by atoms with Crippen molar-refractivity contribution in [2.45, 2.75) is 32.4 Å². The maximum atomic E-state index is 13.1. The number of anilines is 2. The third-order valence-corrected chi connectivity index (χ3v) is 4.28. The van der Waals surface area contributed by atoms with Crippen molar-refractivity contribution in [2.24, 2.45) is 0 Å². The average Bonchev–Trinajstić information content (AvgIpc) is 2.61. The van der Waals surface area contributed by atoms with Crippen molar-refractivity contribution in [1.82, 2.24) is 9.97 Å². The summed E-state index contributed by atoms with van der Waals surface area (Å²) in [6.45, 7) is 3.14. The van der Waals surface area contributed by atoms with Gasteiger partial charge in [0, 0.05) is 19.3 Å². The number of hydrogen-bond acceptors (Lipinski definition) is 4. The molecule has 1 aliphatic heterocycles. The van der Waals surface area contributed by atoms with E-state index in [0.29, 0.717) is 11.5 Å². The van der Waals surface area contributed by atoms with Crippen LogP contribution in [0.15, 0.2) is 30.5 Å². The molecule has 0 aliphatic carbocycles. The molecule has 2 heterocycles. The lowest BCUT2D eigenvalue weighted by atomic mass is 10.1. The number of halogens is 3. The van der Waals surface area contributed by atoms with Gasteiger partial charge in [-0.1, -0.05) is 0 Å². The van der Waals surface area contributed by atoms with Crippen molar-refractivity contribution in [3.8, 4) is 0 Å². The van der Waals surface area contributed by atoms with Crippen LogP contribution in [0.3, 0.4) is 0 Å². The van der Waals surface area contributed by atoms with Gasteiger partial charge in [-0.2, -0.15) is 13.2 Å². The molecular weight excluding hydrogens is 345 g/mol. The van der Waals surface area contributed by atoms with Crippen LogP contribution < -0.4 is 10.2 Å². The maximum Gasteiger partial charge on any atom is 0.416 e. The lowest BCUT2D eigenvalue weighted by Crippen LogP contribution is -2.30. The Balaban J connectivity index is 1.94. The van der Waals surface area contributed by atoms with Crippen LogP contribution in [0.4, 0.5) is 24.5 Å². The molecule has 3 rings (SSSR count). The van der Waals surface area contributed by atoms with Gasteiger partial charge in [0.2, 0.25) is 0 Å². The lowest BCUT2D eigenvalue weighted by molar-refractivity contribution is -0.137. The zero-order valence-electron chi connectivity index (χ0n) is 14.3. The molecule has 0 unspecified atom stereocenters. The molecular formula is C18H19F3N4O. The summed E-state index contributed by atoms with van der Waals surface area (Å²) in [4.78, 5) is 22.4. The second-order valence-corrected chi connectivity index (χ2v) is 6.22. The molecule has 1 saturated heterocycles. The van der Waals surface area contributed by atoms with Gasteiger partial charge in [0.25, 0.3) is 5.91 Å². The molecule has 1 aromatic heterocycles.